The van der Waals surface area contributed by atoms with Gasteiger partial charge >= 0.3 is 0 Å². The zero-order valence-electron chi connectivity index (χ0n) is 20.1. The molecule has 0 fully saturated rings. The smallest absolute Gasteiger partial charge is 0.0656 e. The monoisotopic (exact) mass is 572 g/mol. The minimum atomic E-state index is -1.38. The second-order valence-corrected chi connectivity index (χ2v) is 23.4. The van der Waals surface area contributed by atoms with E-state index < -0.39 is 16.1 Å². The van der Waals surface area contributed by atoms with Crippen LogP contribution in [0.4, 0.5) is 0 Å². The minimum Gasteiger partial charge on any atom is -0.0656 e. The number of hydrogen-bond acceptors (Lipinski definition) is 0. The first-order valence-electron chi connectivity index (χ1n) is 11.3. The number of benzene rings is 2. The maximum absolute atomic E-state index is 3.90. The Balaban J connectivity index is 1.76. The Bertz CT molecular complexity index is 1040. The molecule has 0 aromatic heterocycles. The van der Waals surface area contributed by atoms with Crippen molar-refractivity contribution in [2.24, 2.45) is 0 Å². The van der Waals surface area contributed by atoms with Gasteiger partial charge in [-0.3, -0.25) is 0 Å². The number of hydrogen-bond donors (Lipinski definition) is 0. The quantitative estimate of drug-likeness (QED) is 0.322. The average molecular weight is 575 g/mol. The second kappa shape index (κ2) is 7.97. The van der Waals surface area contributed by atoms with Crippen LogP contribution in [0, 0.1) is 0 Å². The fourth-order valence-electron chi connectivity index (χ4n) is 5.03. The Morgan fingerprint density at radius 2 is 1.00 bits per heavy atom. The molecular formula is C27H34Br2Si2. The standard InChI is InChI=1S/C27H34Br2Si2/c1-16-9-24-22(11-18(13-26(24)28)30(3,4)5)20(16)15-21-17(2)10-25-23(21)12-19(14-27(25)29)31(6,7)8/h9-14,20-21H,15H2,1-8H3. The molecule has 2 aliphatic rings. The fourth-order valence-corrected chi connectivity index (χ4v) is 8.97. The van der Waals surface area contributed by atoms with Gasteiger partial charge < -0.3 is 0 Å². The van der Waals surface area contributed by atoms with Crippen molar-refractivity contribution in [1.82, 2.24) is 0 Å². The molecule has 0 heterocycles. The van der Waals surface area contributed by atoms with Crippen molar-refractivity contribution in [2.45, 2.75) is 71.4 Å². The lowest BCUT2D eigenvalue weighted by molar-refractivity contribution is 0.643. The first kappa shape index (κ1) is 23.5. The van der Waals surface area contributed by atoms with Crippen LogP contribution >= 0.6 is 31.9 Å². The van der Waals surface area contributed by atoms with Gasteiger partial charge in [0.2, 0.25) is 0 Å². The lowest BCUT2D eigenvalue weighted by Gasteiger charge is -2.26. The van der Waals surface area contributed by atoms with Crippen LogP contribution in [0.5, 0.6) is 0 Å². The van der Waals surface area contributed by atoms with E-state index in [2.05, 4.69) is 121 Å². The molecule has 0 saturated carbocycles. The van der Waals surface area contributed by atoms with Crippen LogP contribution in [-0.2, 0) is 0 Å². The van der Waals surface area contributed by atoms with Gasteiger partial charge in [0.15, 0.2) is 0 Å². The van der Waals surface area contributed by atoms with Crippen LogP contribution in [-0.4, -0.2) is 16.1 Å². The summed E-state index contributed by atoms with van der Waals surface area (Å²) < 4.78 is 2.54. The molecule has 2 aromatic rings. The predicted molar refractivity (Wildman–Crippen MR) is 152 cm³/mol. The number of halogens is 2. The molecular weight excluding hydrogens is 540 g/mol. The van der Waals surface area contributed by atoms with Gasteiger partial charge in [0.1, 0.15) is 0 Å². The van der Waals surface area contributed by atoms with Crippen LogP contribution in [0.15, 0.2) is 44.4 Å². The van der Waals surface area contributed by atoms with Gasteiger partial charge in [-0.25, -0.2) is 0 Å². The lowest BCUT2D eigenvalue weighted by atomic mass is 9.82. The summed E-state index contributed by atoms with van der Waals surface area (Å²) in [7, 11) is -2.75. The molecule has 2 atom stereocenters. The summed E-state index contributed by atoms with van der Waals surface area (Å²) >= 11 is 7.80. The summed E-state index contributed by atoms with van der Waals surface area (Å²) in [6, 6.07) is 9.83. The van der Waals surface area contributed by atoms with Crippen molar-refractivity contribution in [1.29, 1.82) is 0 Å². The Kier molecular flexibility index (Phi) is 6.03. The third-order valence-corrected chi connectivity index (χ3v) is 12.5. The fraction of sp³-hybridized carbons (Fsp3) is 0.407. The van der Waals surface area contributed by atoms with E-state index >= 15 is 0 Å². The SMILES string of the molecule is CC1=Cc2c(Br)cc([Si](C)(C)C)cc2C1CC1C(C)=Cc2c(Br)cc([Si](C)(C)C)cc21. The molecule has 2 aromatic carbocycles. The van der Waals surface area contributed by atoms with Gasteiger partial charge in [0.25, 0.3) is 0 Å². The highest BCUT2D eigenvalue weighted by Gasteiger charge is 2.34. The van der Waals surface area contributed by atoms with E-state index in [0.29, 0.717) is 11.8 Å². The second-order valence-electron chi connectivity index (χ2n) is 11.5. The van der Waals surface area contributed by atoms with E-state index in [0.717, 1.165) is 6.42 Å². The highest BCUT2D eigenvalue weighted by Crippen LogP contribution is 2.49. The van der Waals surface area contributed by atoms with Crippen LogP contribution in [0.3, 0.4) is 0 Å². The summed E-state index contributed by atoms with van der Waals surface area (Å²) in [5, 5.41) is 3.10. The van der Waals surface area contributed by atoms with Gasteiger partial charge in [0.05, 0.1) is 16.1 Å². The molecule has 4 heteroatoms. The van der Waals surface area contributed by atoms with Gasteiger partial charge in [-0.1, -0.05) is 117 Å². The summed E-state index contributed by atoms with van der Waals surface area (Å²) in [6.45, 7) is 19.3. The average Bonchev–Trinajstić information content (AvgIpc) is 3.12. The molecule has 2 aliphatic carbocycles. The molecule has 0 N–H and O–H groups in total. The number of allylic oxidation sites excluding steroid dienone is 2. The molecule has 164 valence electrons. The maximum atomic E-state index is 3.90. The molecule has 0 saturated heterocycles. The van der Waals surface area contributed by atoms with Crippen LogP contribution < -0.4 is 10.4 Å². The Labute approximate surface area is 207 Å². The van der Waals surface area contributed by atoms with Crippen molar-refractivity contribution in [3.8, 4) is 0 Å². The van der Waals surface area contributed by atoms with Crippen molar-refractivity contribution in [3.63, 3.8) is 0 Å². The molecule has 0 amide bonds. The van der Waals surface area contributed by atoms with E-state index in [9.17, 15) is 0 Å². The molecule has 31 heavy (non-hydrogen) atoms. The zero-order chi connectivity index (χ0) is 22.9. The van der Waals surface area contributed by atoms with E-state index in [1.165, 1.54) is 42.3 Å². The largest absolute Gasteiger partial charge is 0.0776 e. The van der Waals surface area contributed by atoms with Gasteiger partial charge in [-0.05, 0) is 54.7 Å². The minimum absolute atomic E-state index is 0.496. The van der Waals surface area contributed by atoms with Gasteiger partial charge in [-0.2, -0.15) is 0 Å². The molecule has 0 radical (unpaired) electrons. The summed E-state index contributed by atoms with van der Waals surface area (Å²) in [5.74, 6) is 0.993. The van der Waals surface area contributed by atoms with Crippen LogP contribution in [0.1, 0.15) is 54.4 Å². The predicted octanol–water partition coefficient (Wildman–Crippen LogP) is 8.39. The molecule has 4 rings (SSSR count). The van der Waals surface area contributed by atoms with Crippen LogP contribution in [0.2, 0.25) is 39.3 Å². The Morgan fingerprint density at radius 3 is 1.32 bits per heavy atom. The Morgan fingerprint density at radius 1 is 0.645 bits per heavy atom. The van der Waals surface area contributed by atoms with E-state index in [1.807, 2.05) is 0 Å². The van der Waals surface area contributed by atoms with Crippen molar-refractivity contribution < 1.29 is 0 Å². The van der Waals surface area contributed by atoms with Crippen LogP contribution in [0.25, 0.3) is 12.2 Å². The normalized spacial score (nSPS) is 20.5. The lowest BCUT2D eigenvalue weighted by Crippen LogP contribution is -2.38. The third-order valence-electron chi connectivity index (χ3n) is 7.12. The molecule has 0 aliphatic heterocycles. The van der Waals surface area contributed by atoms with Crippen molar-refractivity contribution >= 4 is 70.5 Å². The number of rotatable bonds is 4. The maximum Gasteiger partial charge on any atom is 0.0776 e. The summed E-state index contributed by atoms with van der Waals surface area (Å²) in [6.07, 6.45) is 6.00. The Hall–Kier alpha value is -0.686. The van der Waals surface area contributed by atoms with Crippen molar-refractivity contribution in [2.75, 3.05) is 0 Å². The summed E-state index contributed by atoms with van der Waals surface area (Å²) in [4.78, 5) is 0. The topological polar surface area (TPSA) is 0 Å². The molecule has 0 spiro atoms. The number of fused-ring (bicyclic) bond motifs is 2. The van der Waals surface area contributed by atoms with E-state index in [1.54, 1.807) is 10.4 Å². The van der Waals surface area contributed by atoms with Crippen molar-refractivity contribution in [3.05, 3.63) is 66.6 Å². The first-order valence-corrected chi connectivity index (χ1v) is 19.9. The zero-order valence-corrected chi connectivity index (χ0v) is 25.3. The molecule has 0 bridgehead atoms. The van der Waals surface area contributed by atoms with E-state index in [4.69, 9.17) is 0 Å². The third kappa shape index (κ3) is 4.30. The highest BCUT2D eigenvalue weighted by molar-refractivity contribution is 9.10. The summed E-state index contributed by atoms with van der Waals surface area (Å²) in [5.41, 5.74) is 8.88. The molecule has 2 unspecified atom stereocenters. The highest BCUT2D eigenvalue weighted by atomic mass is 79.9. The van der Waals surface area contributed by atoms with Gasteiger partial charge in [0, 0.05) is 20.8 Å². The molecule has 0 nitrogen and oxygen atoms in total. The first-order chi connectivity index (χ1) is 14.3. The van der Waals surface area contributed by atoms with Gasteiger partial charge in [-0.15, -0.1) is 0 Å². The van der Waals surface area contributed by atoms with E-state index in [-0.39, 0.29) is 0 Å².